The molecule has 2 unspecified atom stereocenters. The van der Waals surface area contributed by atoms with Gasteiger partial charge < -0.3 is 9.84 Å². The number of hydrogen-bond acceptors (Lipinski definition) is 4. The Kier molecular flexibility index (Phi) is 4.92. The van der Waals surface area contributed by atoms with Gasteiger partial charge in [0.15, 0.2) is 0 Å². The van der Waals surface area contributed by atoms with Gasteiger partial charge in [0, 0.05) is 24.3 Å². The third-order valence-electron chi connectivity index (χ3n) is 4.16. The van der Waals surface area contributed by atoms with E-state index in [1.165, 1.54) is 13.2 Å². The van der Waals surface area contributed by atoms with E-state index in [4.69, 9.17) is 0 Å². The summed E-state index contributed by atoms with van der Waals surface area (Å²) in [5.74, 6) is -0.395. The van der Waals surface area contributed by atoms with Gasteiger partial charge in [-0.2, -0.15) is 0 Å². The van der Waals surface area contributed by atoms with Gasteiger partial charge in [0.2, 0.25) is 0 Å². The van der Waals surface area contributed by atoms with Crippen molar-refractivity contribution in [3.63, 3.8) is 0 Å². The normalized spacial score (nSPS) is 30.6. The highest BCUT2D eigenvalue weighted by molar-refractivity contribution is 5.83. The first-order valence-corrected chi connectivity index (χ1v) is 6.82. The van der Waals surface area contributed by atoms with Crippen LogP contribution in [-0.4, -0.2) is 29.6 Å². The number of methoxy groups -OCH3 is 1. The Bertz CT molecular complexity index is 459. The van der Waals surface area contributed by atoms with Gasteiger partial charge in [-0.1, -0.05) is 32.9 Å². The van der Waals surface area contributed by atoms with Crippen LogP contribution in [0.2, 0.25) is 0 Å². The number of aliphatic hydroxyl groups is 1. The number of Topliss-reactive ketones (excluding diaryl/α,β-unsaturated/α-hetero) is 1. The summed E-state index contributed by atoms with van der Waals surface area (Å²) in [5, 5.41) is 10.9. The molecule has 20 heavy (non-hydrogen) atoms. The van der Waals surface area contributed by atoms with Crippen molar-refractivity contribution in [2.45, 2.75) is 46.1 Å². The molecule has 1 rings (SSSR count). The molecule has 1 N–H and O–H groups in total. The van der Waals surface area contributed by atoms with E-state index in [-0.39, 0.29) is 11.7 Å². The minimum Gasteiger partial charge on any atom is -0.466 e. The molecule has 4 nitrogen and oxygen atoms in total. The second kappa shape index (κ2) is 5.92. The van der Waals surface area contributed by atoms with E-state index < -0.39 is 17.0 Å². The van der Waals surface area contributed by atoms with Crippen LogP contribution in [0.4, 0.5) is 0 Å². The monoisotopic (exact) mass is 280 g/mol. The molecule has 0 aromatic carbocycles. The summed E-state index contributed by atoms with van der Waals surface area (Å²) in [5.41, 5.74) is -0.888. The molecule has 0 aromatic heterocycles. The van der Waals surface area contributed by atoms with Crippen LogP contribution in [-0.2, 0) is 14.3 Å². The molecule has 1 saturated carbocycles. The zero-order chi connectivity index (χ0) is 15.6. The quantitative estimate of drug-likeness (QED) is 0.490. The number of ether oxygens (including phenoxy) is 1. The maximum atomic E-state index is 11.7. The molecular weight excluding hydrogens is 256 g/mol. The fourth-order valence-electron chi connectivity index (χ4n) is 2.81. The maximum Gasteiger partial charge on any atom is 0.330 e. The summed E-state index contributed by atoms with van der Waals surface area (Å²) in [4.78, 5) is 22.8. The van der Waals surface area contributed by atoms with Gasteiger partial charge in [0.05, 0.1) is 12.7 Å². The summed E-state index contributed by atoms with van der Waals surface area (Å²) in [7, 11) is 1.32. The van der Waals surface area contributed by atoms with Crippen LogP contribution in [0.5, 0.6) is 0 Å². The minimum atomic E-state index is -1.06. The lowest BCUT2D eigenvalue weighted by Gasteiger charge is -2.48. The van der Waals surface area contributed by atoms with Crippen molar-refractivity contribution in [1.29, 1.82) is 0 Å². The highest BCUT2D eigenvalue weighted by Gasteiger charge is 2.50. The lowest BCUT2D eigenvalue weighted by Crippen LogP contribution is -2.53. The third kappa shape index (κ3) is 3.37. The van der Waals surface area contributed by atoms with Crippen molar-refractivity contribution in [2.75, 3.05) is 7.11 Å². The van der Waals surface area contributed by atoms with Crippen LogP contribution in [0.25, 0.3) is 0 Å². The Hall–Kier alpha value is -1.42. The second-order valence-corrected chi connectivity index (χ2v) is 6.27. The van der Waals surface area contributed by atoms with Gasteiger partial charge in [-0.05, 0) is 18.4 Å². The van der Waals surface area contributed by atoms with Crippen molar-refractivity contribution in [3.8, 4) is 0 Å². The van der Waals surface area contributed by atoms with E-state index in [1.807, 2.05) is 20.8 Å². The third-order valence-corrected chi connectivity index (χ3v) is 4.16. The van der Waals surface area contributed by atoms with Crippen molar-refractivity contribution < 1.29 is 19.4 Å². The average molecular weight is 280 g/mol. The fourth-order valence-corrected chi connectivity index (χ4v) is 2.81. The Morgan fingerprint density at radius 1 is 1.45 bits per heavy atom. The van der Waals surface area contributed by atoms with Crippen LogP contribution in [0, 0.1) is 11.3 Å². The topological polar surface area (TPSA) is 63.6 Å². The van der Waals surface area contributed by atoms with E-state index in [0.29, 0.717) is 18.4 Å². The molecule has 1 aliphatic rings. The van der Waals surface area contributed by atoms with Crippen LogP contribution < -0.4 is 0 Å². The Morgan fingerprint density at radius 3 is 2.55 bits per heavy atom. The predicted molar refractivity (Wildman–Crippen MR) is 77.0 cm³/mol. The Balaban J connectivity index is 3.00. The molecule has 0 bridgehead atoms. The minimum absolute atomic E-state index is 0.152. The van der Waals surface area contributed by atoms with Crippen LogP contribution in [0.1, 0.15) is 40.5 Å². The van der Waals surface area contributed by atoms with Gasteiger partial charge in [-0.3, -0.25) is 4.79 Å². The Morgan fingerprint density at radius 2 is 2.05 bits per heavy atom. The summed E-state index contributed by atoms with van der Waals surface area (Å²) < 4.78 is 4.56. The number of carbonyl (C=O) groups excluding carboxylic acids is 2. The van der Waals surface area contributed by atoms with Gasteiger partial charge in [0.25, 0.3) is 0 Å². The molecule has 0 spiro atoms. The first kappa shape index (κ1) is 16.6. The Labute approximate surface area is 120 Å². The van der Waals surface area contributed by atoms with Crippen molar-refractivity contribution in [2.24, 2.45) is 11.3 Å². The molecule has 0 heterocycles. The number of carbonyl (C=O) groups is 2. The standard InChI is InChI=1S/C16H24O4/c1-11(8-14(18)20-5)6-7-16(19)12(2)9-13(17)10-15(16,3)4/h6-8,12,19H,9-10H2,1-5H3/b7-6?,11-8-. The zero-order valence-electron chi connectivity index (χ0n) is 12.9. The lowest BCUT2D eigenvalue weighted by molar-refractivity contribution is -0.142. The molecule has 0 amide bonds. The molecule has 0 aromatic rings. The number of esters is 1. The predicted octanol–water partition coefficient (Wildman–Crippen LogP) is 2.42. The lowest BCUT2D eigenvalue weighted by atomic mass is 9.60. The SMILES string of the molecule is COC(=O)/C=C(/C)C=CC1(O)C(C)CC(=O)CC1(C)C. The fraction of sp³-hybridized carbons (Fsp3) is 0.625. The smallest absolute Gasteiger partial charge is 0.330 e. The number of rotatable bonds is 3. The van der Waals surface area contributed by atoms with Gasteiger partial charge in [-0.25, -0.2) is 4.79 Å². The summed E-state index contributed by atoms with van der Waals surface area (Å²) in [6, 6.07) is 0. The van der Waals surface area contributed by atoms with Crippen LogP contribution in [0.3, 0.4) is 0 Å². The first-order valence-electron chi connectivity index (χ1n) is 6.82. The molecule has 4 heteroatoms. The molecule has 2 atom stereocenters. The van der Waals surface area contributed by atoms with Gasteiger partial charge in [-0.15, -0.1) is 0 Å². The second-order valence-electron chi connectivity index (χ2n) is 6.27. The van der Waals surface area contributed by atoms with Gasteiger partial charge >= 0.3 is 5.97 Å². The molecule has 1 aliphatic carbocycles. The van der Waals surface area contributed by atoms with Crippen LogP contribution in [0.15, 0.2) is 23.8 Å². The molecule has 112 valence electrons. The van der Waals surface area contributed by atoms with E-state index in [0.717, 1.165) is 0 Å². The molecule has 0 radical (unpaired) electrons. The molecule has 1 fully saturated rings. The van der Waals surface area contributed by atoms with E-state index in [1.54, 1.807) is 19.1 Å². The first-order chi connectivity index (χ1) is 9.12. The highest BCUT2D eigenvalue weighted by Crippen LogP contribution is 2.46. The highest BCUT2D eigenvalue weighted by atomic mass is 16.5. The zero-order valence-corrected chi connectivity index (χ0v) is 12.9. The number of allylic oxidation sites excluding steroid dienone is 2. The summed E-state index contributed by atoms with van der Waals surface area (Å²) >= 11 is 0. The van der Waals surface area contributed by atoms with E-state index >= 15 is 0 Å². The molecule has 0 aliphatic heterocycles. The molecule has 0 saturated heterocycles. The number of ketones is 1. The largest absolute Gasteiger partial charge is 0.466 e. The average Bonchev–Trinajstić information content (AvgIpc) is 2.32. The van der Waals surface area contributed by atoms with Crippen LogP contribution >= 0.6 is 0 Å². The summed E-state index contributed by atoms with van der Waals surface area (Å²) in [6.07, 6.45) is 5.53. The van der Waals surface area contributed by atoms with E-state index in [9.17, 15) is 14.7 Å². The van der Waals surface area contributed by atoms with Crippen molar-refractivity contribution in [1.82, 2.24) is 0 Å². The molecular formula is C16H24O4. The summed E-state index contributed by atoms with van der Waals surface area (Å²) in [6.45, 7) is 7.43. The maximum absolute atomic E-state index is 11.7. The van der Waals surface area contributed by atoms with Gasteiger partial charge in [0.1, 0.15) is 5.78 Å². The number of hydrogen-bond donors (Lipinski definition) is 1. The van der Waals surface area contributed by atoms with Crippen molar-refractivity contribution >= 4 is 11.8 Å². The van der Waals surface area contributed by atoms with E-state index in [2.05, 4.69) is 4.74 Å². The van der Waals surface area contributed by atoms with Crippen molar-refractivity contribution in [3.05, 3.63) is 23.8 Å².